The molecule has 2 heterocycles. The molecule has 0 aliphatic heterocycles. The number of rotatable bonds is 0. The van der Waals surface area contributed by atoms with E-state index in [2.05, 4.69) is 20.2 Å². The summed E-state index contributed by atoms with van der Waals surface area (Å²) in [4.78, 5) is 7.58. The zero-order valence-corrected chi connectivity index (χ0v) is 4.47. The van der Waals surface area contributed by atoms with Crippen molar-refractivity contribution in [3.8, 4) is 0 Å². The predicted octanol–water partition coefficient (Wildman–Crippen LogP) is -0.481. The maximum Gasteiger partial charge on any atom is 0.257 e. The zero-order valence-electron chi connectivity index (χ0n) is 4.47. The molecule has 0 fully saturated rings. The van der Waals surface area contributed by atoms with E-state index in [1.54, 1.807) is 17.1 Å². The molecule has 2 aromatic heterocycles. The van der Waals surface area contributed by atoms with Gasteiger partial charge in [-0.2, -0.15) is 4.98 Å². The summed E-state index contributed by atoms with van der Waals surface area (Å²) in [6.07, 6.45) is 4.59. The lowest BCUT2D eigenvalue weighted by Crippen LogP contribution is -1.86. The third kappa shape index (κ3) is 0.543. The van der Waals surface area contributed by atoms with Gasteiger partial charge in [-0.1, -0.05) is 0 Å². The maximum atomic E-state index is 3.82. The molecule has 0 radical (unpaired) electrons. The van der Waals surface area contributed by atoms with Crippen LogP contribution in [0.1, 0.15) is 0 Å². The minimum absolute atomic E-state index is 0.574. The molecule has 0 saturated carbocycles. The molecular formula is C4H3N5. The van der Waals surface area contributed by atoms with Crippen molar-refractivity contribution in [1.82, 2.24) is 24.6 Å². The molecule has 5 heteroatoms. The van der Waals surface area contributed by atoms with Crippen LogP contribution in [0.2, 0.25) is 0 Å². The molecule has 0 aromatic carbocycles. The molecule has 0 bridgehead atoms. The van der Waals surface area contributed by atoms with Gasteiger partial charge in [0.15, 0.2) is 0 Å². The van der Waals surface area contributed by atoms with Crippen LogP contribution in [0.25, 0.3) is 5.78 Å². The Morgan fingerprint density at radius 1 is 1.33 bits per heavy atom. The fourth-order valence-corrected chi connectivity index (χ4v) is 0.597. The van der Waals surface area contributed by atoms with E-state index in [0.29, 0.717) is 5.78 Å². The van der Waals surface area contributed by atoms with Gasteiger partial charge in [-0.15, -0.1) is 10.2 Å². The lowest BCUT2D eigenvalue weighted by Gasteiger charge is -1.82. The lowest BCUT2D eigenvalue weighted by atomic mass is 11.0. The standard InChI is InChI=1S/C4H3N5/c1-5-2-9-3-7-8-4(9)6-1/h1-3H. The summed E-state index contributed by atoms with van der Waals surface area (Å²) in [6.45, 7) is 0. The van der Waals surface area contributed by atoms with Crippen molar-refractivity contribution in [3.63, 3.8) is 0 Å². The van der Waals surface area contributed by atoms with Crippen LogP contribution in [0.4, 0.5) is 0 Å². The molecule has 9 heavy (non-hydrogen) atoms. The summed E-state index contributed by atoms with van der Waals surface area (Å²) in [7, 11) is 0. The fraction of sp³-hybridized carbons (Fsp3) is 0. The monoisotopic (exact) mass is 121 g/mol. The molecule has 2 rings (SSSR count). The number of hydrogen-bond acceptors (Lipinski definition) is 4. The summed E-state index contributed by atoms with van der Waals surface area (Å²) < 4.78 is 1.64. The third-order valence-electron chi connectivity index (χ3n) is 0.985. The van der Waals surface area contributed by atoms with Crippen LogP contribution in [0.15, 0.2) is 19.0 Å². The van der Waals surface area contributed by atoms with Crippen LogP contribution in [-0.2, 0) is 0 Å². The minimum atomic E-state index is 0.574. The van der Waals surface area contributed by atoms with Crippen LogP contribution >= 0.6 is 0 Å². The van der Waals surface area contributed by atoms with Crippen molar-refractivity contribution in [2.24, 2.45) is 0 Å². The number of fused-ring (bicyclic) bond motifs is 1. The van der Waals surface area contributed by atoms with Gasteiger partial charge in [0.1, 0.15) is 19.0 Å². The summed E-state index contributed by atoms with van der Waals surface area (Å²) in [5, 5.41) is 7.29. The van der Waals surface area contributed by atoms with Gasteiger partial charge in [-0.3, -0.25) is 4.40 Å². The Labute approximate surface area is 50.4 Å². The van der Waals surface area contributed by atoms with Crippen LogP contribution < -0.4 is 0 Å². The van der Waals surface area contributed by atoms with Crippen LogP contribution in [-0.4, -0.2) is 24.6 Å². The van der Waals surface area contributed by atoms with Crippen molar-refractivity contribution in [1.29, 1.82) is 0 Å². The van der Waals surface area contributed by atoms with Crippen molar-refractivity contribution in [2.75, 3.05) is 0 Å². The second-order valence-electron chi connectivity index (χ2n) is 1.55. The SMILES string of the molecule is c1ncn2cnnc2n1. The quantitative estimate of drug-likeness (QED) is 0.472. The smallest absolute Gasteiger partial charge is 0.256 e. The third-order valence-corrected chi connectivity index (χ3v) is 0.985. The van der Waals surface area contributed by atoms with Crippen molar-refractivity contribution in [2.45, 2.75) is 0 Å². The first-order valence-corrected chi connectivity index (χ1v) is 2.42. The van der Waals surface area contributed by atoms with E-state index in [0.717, 1.165) is 0 Å². The number of hydrogen-bond donors (Lipinski definition) is 0. The molecule has 44 valence electrons. The molecular weight excluding hydrogens is 118 g/mol. The molecule has 0 saturated heterocycles. The Hall–Kier alpha value is -1.52. The molecule has 0 spiro atoms. The minimum Gasteiger partial charge on any atom is -0.256 e. The summed E-state index contributed by atoms with van der Waals surface area (Å²) in [5.74, 6) is 0.574. The van der Waals surface area contributed by atoms with E-state index in [1.165, 1.54) is 6.33 Å². The summed E-state index contributed by atoms with van der Waals surface area (Å²) in [6, 6.07) is 0. The summed E-state index contributed by atoms with van der Waals surface area (Å²) in [5.41, 5.74) is 0. The van der Waals surface area contributed by atoms with Gasteiger partial charge in [-0.05, 0) is 0 Å². The zero-order chi connectivity index (χ0) is 6.10. The molecule has 2 aromatic rings. The molecule has 0 aliphatic carbocycles. The van der Waals surface area contributed by atoms with Crippen LogP contribution in [0.3, 0.4) is 0 Å². The normalized spacial score (nSPS) is 10.2. The highest BCUT2D eigenvalue weighted by molar-refractivity contribution is 5.20. The average Bonchev–Trinajstić information content (AvgIpc) is 2.33. The van der Waals surface area contributed by atoms with E-state index in [1.807, 2.05) is 0 Å². The Bertz CT molecular complexity index is 283. The van der Waals surface area contributed by atoms with Crippen molar-refractivity contribution >= 4 is 5.78 Å². The molecule has 0 amide bonds. The van der Waals surface area contributed by atoms with E-state index in [9.17, 15) is 0 Å². The number of aromatic nitrogens is 5. The first-order chi connectivity index (χ1) is 4.47. The largest absolute Gasteiger partial charge is 0.257 e. The second-order valence-corrected chi connectivity index (χ2v) is 1.55. The Morgan fingerprint density at radius 3 is 3.22 bits per heavy atom. The highest BCUT2D eigenvalue weighted by atomic mass is 15.3. The molecule has 0 aliphatic rings. The fourth-order valence-electron chi connectivity index (χ4n) is 0.597. The Balaban J connectivity index is 2.95. The Kier molecular flexibility index (Phi) is 0.717. The highest BCUT2D eigenvalue weighted by Crippen LogP contribution is 1.85. The van der Waals surface area contributed by atoms with Crippen LogP contribution in [0, 0.1) is 0 Å². The second kappa shape index (κ2) is 1.48. The van der Waals surface area contributed by atoms with E-state index in [4.69, 9.17) is 0 Å². The van der Waals surface area contributed by atoms with E-state index < -0.39 is 0 Å². The molecule has 0 N–H and O–H groups in total. The Morgan fingerprint density at radius 2 is 2.33 bits per heavy atom. The first kappa shape index (κ1) is 4.37. The maximum absolute atomic E-state index is 3.82. The summed E-state index contributed by atoms with van der Waals surface area (Å²) >= 11 is 0. The molecule has 0 unspecified atom stereocenters. The van der Waals surface area contributed by atoms with Crippen molar-refractivity contribution in [3.05, 3.63) is 19.0 Å². The van der Waals surface area contributed by atoms with Gasteiger partial charge in [0.25, 0.3) is 5.78 Å². The van der Waals surface area contributed by atoms with E-state index in [-0.39, 0.29) is 0 Å². The van der Waals surface area contributed by atoms with Gasteiger partial charge in [0.2, 0.25) is 0 Å². The van der Waals surface area contributed by atoms with Gasteiger partial charge < -0.3 is 0 Å². The van der Waals surface area contributed by atoms with Gasteiger partial charge in [-0.25, -0.2) is 4.98 Å². The van der Waals surface area contributed by atoms with Crippen LogP contribution in [0.5, 0.6) is 0 Å². The molecule has 5 nitrogen and oxygen atoms in total. The first-order valence-electron chi connectivity index (χ1n) is 2.42. The topological polar surface area (TPSA) is 56.0 Å². The van der Waals surface area contributed by atoms with Gasteiger partial charge in [0.05, 0.1) is 0 Å². The molecule has 0 atom stereocenters. The van der Waals surface area contributed by atoms with Crippen molar-refractivity contribution < 1.29 is 0 Å². The van der Waals surface area contributed by atoms with Gasteiger partial charge >= 0.3 is 0 Å². The highest BCUT2D eigenvalue weighted by Gasteiger charge is 1.89. The van der Waals surface area contributed by atoms with E-state index >= 15 is 0 Å². The lowest BCUT2D eigenvalue weighted by molar-refractivity contribution is 1.01. The average molecular weight is 121 g/mol. The predicted molar refractivity (Wildman–Crippen MR) is 28.6 cm³/mol. The van der Waals surface area contributed by atoms with Gasteiger partial charge in [0, 0.05) is 0 Å². The number of nitrogens with zero attached hydrogens (tertiary/aromatic N) is 5.